The van der Waals surface area contributed by atoms with Crippen LogP contribution in [0, 0.1) is 5.82 Å². The van der Waals surface area contributed by atoms with Crippen molar-refractivity contribution in [1.82, 2.24) is 4.90 Å². The zero-order valence-electron chi connectivity index (χ0n) is 19.2. The molecule has 1 saturated heterocycles. The minimum Gasteiger partial charge on any atom is -0.497 e. The number of para-hydroxylation sites is 1. The SMILES string of the molecule is COc1ccc(NS(=O)(=O)c2ccc(OCC(=O)N3CCN(c4ccccc4F)CC3)cc2)cc1. The molecule has 0 bridgehead atoms. The predicted octanol–water partition coefficient (Wildman–Crippen LogP) is 3.36. The number of hydrogen-bond acceptors (Lipinski definition) is 6. The first-order chi connectivity index (χ1) is 16.9. The number of ether oxygens (including phenoxy) is 2. The summed E-state index contributed by atoms with van der Waals surface area (Å²) in [6.07, 6.45) is 0. The molecule has 3 aromatic carbocycles. The molecule has 0 radical (unpaired) electrons. The third kappa shape index (κ3) is 6.02. The maximum Gasteiger partial charge on any atom is 0.261 e. The Morgan fingerprint density at radius 2 is 1.54 bits per heavy atom. The van der Waals surface area contributed by atoms with Crippen molar-refractivity contribution >= 4 is 27.3 Å². The Morgan fingerprint density at radius 3 is 2.17 bits per heavy atom. The summed E-state index contributed by atoms with van der Waals surface area (Å²) in [5.74, 6) is 0.541. The molecule has 0 atom stereocenters. The van der Waals surface area contributed by atoms with Gasteiger partial charge in [-0.15, -0.1) is 0 Å². The van der Waals surface area contributed by atoms with Gasteiger partial charge in [-0.3, -0.25) is 9.52 Å². The molecule has 1 aliphatic rings. The molecular formula is C25H26FN3O5S. The van der Waals surface area contributed by atoms with Crippen LogP contribution in [0.25, 0.3) is 0 Å². The van der Waals surface area contributed by atoms with Crippen molar-refractivity contribution in [2.24, 2.45) is 0 Å². The second-order valence-corrected chi connectivity index (χ2v) is 9.60. The molecule has 1 heterocycles. The summed E-state index contributed by atoms with van der Waals surface area (Å²) in [5, 5.41) is 0. The number of nitrogens with one attached hydrogen (secondary N) is 1. The molecule has 4 rings (SSSR count). The fraction of sp³-hybridized carbons (Fsp3) is 0.240. The van der Waals surface area contributed by atoms with E-state index in [2.05, 4.69) is 4.72 Å². The van der Waals surface area contributed by atoms with Crippen molar-refractivity contribution < 1.29 is 27.1 Å². The van der Waals surface area contributed by atoms with E-state index in [4.69, 9.17) is 9.47 Å². The van der Waals surface area contributed by atoms with Gasteiger partial charge in [0.2, 0.25) is 0 Å². The Kier molecular flexibility index (Phi) is 7.40. The lowest BCUT2D eigenvalue weighted by Crippen LogP contribution is -2.50. The number of sulfonamides is 1. The van der Waals surface area contributed by atoms with Crippen molar-refractivity contribution in [1.29, 1.82) is 0 Å². The highest BCUT2D eigenvalue weighted by Gasteiger charge is 2.23. The van der Waals surface area contributed by atoms with Gasteiger partial charge in [-0.05, 0) is 60.7 Å². The second kappa shape index (κ2) is 10.6. The van der Waals surface area contributed by atoms with E-state index in [1.807, 2.05) is 4.90 Å². The lowest BCUT2D eigenvalue weighted by atomic mass is 10.2. The lowest BCUT2D eigenvalue weighted by Gasteiger charge is -2.36. The fourth-order valence-electron chi connectivity index (χ4n) is 3.73. The Labute approximate surface area is 203 Å². The van der Waals surface area contributed by atoms with Crippen molar-refractivity contribution in [3.8, 4) is 11.5 Å². The van der Waals surface area contributed by atoms with E-state index in [0.29, 0.717) is 49.1 Å². The normalized spacial score (nSPS) is 13.9. The van der Waals surface area contributed by atoms with Crippen molar-refractivity contribution in [2.45, 2.75) is 4.90 Å². The van der Waals surface area contributed by atoms with Crippen LogP contribution in [-0.2, 0) is 14.8 Å². The number of methoxy groups -OCH3 is 1. The van der Waals surface area contributed by atoms with E-state index < -0.39 is 10.0 Å². The van der Waals surface area contributed by atoms with Crippen LogP contribution in [0.1, 0.15) is 0 Å². The average molecular weight is 500 g/mol. The maximum absolute atomic E-state index is 14.0. The predicted molar refractivity (Wildman–Crippen MR) is 131 cm³/mol. The first-order valence-corrected chi connectivity index (χ1v) is 12.5. The molecule has 0 aromatic heterocycles. The number of halogens is 1. The quantitative estimate of drug-likeness (QED) is 0.512. The van der Waals surface area contributed by atoms with Gasteiger partial charge in [-0.2, -0.15) is 0 Å². The van der Waals surface area contributed by atoms with E-state index in [9.17, 15) is 17.6 Å². The van der Waals surface area contributed by atoms with Gasteiger partial charge in [-0.1, -0.05) is 12.1 Å². The second-order valence-electron chi connectivity index (χ2n) is 7.91. The fourth-order valence-corrected chi connectivity index (χ4v) is 4.79. The number of carbonyl (C=O) groups is 1. The minimum absolute atomic E-state index is 0.0660. The van der Waals surface area contributed by atoms with Crippen molar-refractivity contribution in [3.63, 3.8) is 0 Å². The highest BCUT2D eigenvalue weighted by atomic mass is 32.2. The number of rotatable bonds is 8. The molecule has 0 unspecified atom stereocenters. The van der Waals surface area contributed by atoms with E-state index >= 15 is 0 Å². The summed E-state index contributed by atoms with van der Waals surface area (Å²) in [5.41, 5.74) is 0.944. The standard InChI is InChI=1S/C25H26FN3O5S/c1-33-20-8-6-19(7-9-20)27-35(31,32)22-12-10-21(11-13-22)34-18-25(30)29-16-14-28(15-17-29)24-5-3-2-4-23(24)26/h2-13,27H,14-18H2,1H3. The van der Waals surface area contributed by atoms with Crippen molar-refractivity contribution in [3.05, 3.63) is 78.6 Å². The van der Waals surface area contributed by atoms with Crippen LogP contribution in [0.2, 0.25) is 0 Å². The van der Waals surface area contributed by atoms with E-state index in [1.165, 1.54) is 37.4 Å². The Bertz CT molecular complexity index is 1260. The molecule has 10 heteroatoms. The summed E-state index contributed by atoms with van der Waals surface area (Å²) in [6, 6.07) is 19.0. The lowest BCUT2D eigenvalue weighted by molar-refractivity contribution is -0.133. The average Bonchev–Trinajstić information content (AvgIpc) is 2.88. The monoisotopic (exact) mass is 499 g/mol. The smallest absolute Gasteiger partial charge is 0.261 e. The molecular weight excluding hydrogens is 473 g/mol. The Balaban J connectivity index is 1.28. The molecule has 0 aliphatic carbocycles. The summed E-state index contributed by atoms with van der Waals surface area (Å²) >= 11 is 0. The van der Waals surface area contributed by atoms with Crippen LogP contribution < -0.4 is 19.1 Å². The summed E-state index contributed by atoms with van der Waals surface area (Å²) in [4.78, 5) is 16.2. The third-order valence-corrected chi connectivity index (χ3v) is 7.06. The van der Waals surface area contributed by atoms with Gasteiger partial charge in [0, 0.05) is 31.9 Å². The molecule has 1 fully saturated rings. The van der Waals surface area contributed by atoms with Gasteiger partial charge >= 0.3 is 0 Å². The van der Waals surface area contributed by atoms with E-state index in [-0.39, 0.29) is 23.2 Å². The van der Waals surface area contributed by atoms with Crippen LogP contribution in [0.5, 0.6) is 11.5 Å². The van der Waals surface area contributed by atoms with Crippen LogP contribution in [-0.4, -0.2) is 59.1 Å². The van der Waals surface area contributed by atoms with Crippen LogP contribution >= 0.6 is 0 Å². The molecule has 1 aliphatic heterocycles. The van der Waals surface area contributed by atoms with Crippen LogP contribution in [0.4, 0.5) is 15.8 Å². The number of anilines is 2. The maximum atomic E-state index is 14.0. The number of nitrogens with zero attached hydrogens (tertiary/aromatic N) is 2. The van der Waals surface area contributed by atoms with Gasteiger partial charge in [-0.25, -0.2) is 12.8 Å². The Hall–Kier alpha value is -3.79. The summed E-state index contributed by atoms with van der Waals surface area (Å²) < 4.78 is 52.4. The van der Waals surface area contributed by atoms with Crippen LogP contribution in [0.3, 0.4) is 0 Å². The molecule has 8 nitrogen and oxygen atoms in total. The number of benzene rings is 3. The Morgan fingerprint density at radius 1 is 0.914 bits per heavy atom. The highest BCUT2D eigenvalue weighted by Crippen LogP contribution is 2.22. The molecule has 1 N–H and O–H groups in total. The van der Waals surface area contributed by atoms with Gasteiger partial charge < -0.3 is 19.3 Å². The zero-order valence-corrected chi connectivity index (χ0v) is 20.0. The first-order valence-electron chi connectivity index (χ1n) is 11.0. The summed E-state index contributed by atoms with van der Waals surface area (Å²) in [7, 11) is -2.25. The third-order valence-electron chi connectivity index (χ3n) is 5.66. The molecule has 35 heavy (non-hydrogen) atoms. The van der Waals surface area contributed by atoms with Gasteiger partial charge in [0.15, 0.2) is 6.61 Å². The van der Waals surface area contributed by atoms with Gasteiger partial charge in [0.05, 0.1) is 17.7 Å². The highest BCUT2D eigenvalue weighted by molar-refractivity contribution is 7.92. The van der Waals surface area contributed by atoms with E-state index in [1.54, 1.807) is 47.4 Å². The minimum atomic E-state index is -3.78. The number of amides is 1. The number of piperazine rings is 1. The van der Waals surface area contributed by atoms with E-state index in [0.717, 1.165) is 0 Å². The van der Waals surface area contributed by atoms with Gasteiger partial charge in [0.25, 0.3) is 15.9 Å². The number of carbonyl (C=O) groups excluding carboxylic acids is 1. The molecule has 3 aromatic rings. The topological polar surface area (TPSA) is 88.2 Å². The number of hydrogen-bond donors (Lipinski definition) is 1. The molecule has 0 saturated carbocycles. The van der Waals surface area contributed by atoms with Crippen LogP contribution in [0.15, 0.2) is 77.7 Å². The molecule has 1 amide bonds. The summed E-state index contributed by atoms with van der Waals surface area (Å²) in [6.45, 7) is 1.81. The van der Waals surface area contributed by atoms with Crippen molar-refractivity contribution in [2.75, 3.05) is 49.5 Å². The largest absolute Gasteiger partial charge is 0.497 e. The molecule has 0 spiro atoms. The first kappa shape index (κ1) is 24.3. The van der Waals surface area contributed by atoms with Gasteiger partial charge in [0.1, 0.15) is 17.3 Å². The zero-order chi connectivity index (χ0) is 24.8. The molecule has 184 valence electrons.